The summed E-state index contributed by atoms with van der Waals surface area (Å²) in [6.07, 6.45) is 14.4. The summed E-state index contributed by atoms with van der Waals surface area (Å²) < 4.78 is 0. The Morgan fingerprint density at radius 2 is 1.50 bits per heavy atom. The van der Waals surface area contributed by atoms with Crippen LogP contribution in [0.2, 0.25) is 0 Å². The van der Waals surface area contributed by atoms with Crippen LogP contribution < -0.4 is 0 Å². The molecule has 0 aromatic carbocycles. The van der Waals surface area contributed by atoms with E-state index in [0.29, 0.717) is 0 Å². The van der Waals surface area contributed by atoms with Crippen molar-refractivity contribution >= 4 is 5.97 Å². The fourth-order valence-electron chi connectivity index (χ4n) is 3.07. The molecule has 0 amide bonds. The van der Waals surface area contributed by atoms with Gasteiger partial charge in [0.1, 0.15) is 0 Å². The van der Waals surface area contributed by atoms with Gasteiger partial charge in [0, 0.05) is 0 Å². The fraction of sp³-hybridized carbons (Fsp3) is 0.786. The minimum absolute atomic E-state index is 0.0289. The fourth-order valence-corrected chi connectivity index (χ4v) is 3.07. The van der Waals surface area contributed by atoms with Crippen molar-refractivity contribution in [3.8, 4) is 0 Å². The van der Waals surface area contributed by atoms with E-state index in [-0.39, 0.29) is 5.92 Å². The topological polar surface area (TPSA) is 37.3 Å². The highest BCUT2D eigenvalue weighted by Crippen LogP contribution is 2.38. The Morgan fingerprint density at radius 1 is 0.938 bits per heavy atom. The molecule has 0 radical (unpaired) electrons. The van der Waals surface area contributed by atoms with Crippen LogP contribution in [-0.4, -0.2) is 11.1 Å². The largest absolute Gasteiger partial charge is 0.481 e. The molecule has 3 rings (SSSR count). The number of hydrogen-bond donors (Lipinski definition) is 1. The molecule has 2 saturated carbocycles. The molecule has 0 aromatic rings. The average molecular weight is 222 g/mol. The van der Waals surface area contributed by atoms with E-state index in [1.165, 1.54) is 25.7 Å². The molecule has 90 valence electrons. The second-order valence-electron chi connectivity index (χ2n) is 5.39. The molecule has 3 aliphatic carbocycles. The Bertz CT molecular complexity index is 252. The monoisotopic (exact) mass is 222 g/mol. The number of carboxylic acids is 1. The molecular formula is C14H22O2. The second kappa shape index (κ2) is 5.51. The highest BCUT2D eigenvalue weighted by molar-refractivity contribution is 5.69. The average Bonchev–Trinajstić information content (AvgIpc) is 2.95. The molecule has 0 spiro atoms. The Labute approximate surface area is 97.7 Å². The molecule has 2 fully saturated rings. The van der Waals surface area contributed by atoms with Gasteiger partial charge in [0.2, 0.25) is 0 Å². The molecular weight excluding hydrogens is 200 g/mol. The molecule has 0 saturated heterocycles. The van der Waals surface area contributed by atoms with Crippen LogP contribution in [-0.2, 0) is 4.79 Å². The van der Waals surface area contributed by atoms with E-state index in [1.807, 2.05) is 0 Å². The van der Waals surface area contributed by atoms with Gasteiger partial charge in [-0.2, -0.15) is 0 Å². The maximum atomic E-state index is 10.4. The summed E-state index contributed by atoms with van der Waals surface area (Å²) in [5.41, 5.74) is 0. The second-order valence-corrected chi connectivity index (χ2v) is 5.39. The third kappa shape index (κ3) is 3.10. The number of aliphatic carboxylic acids is 1. The van der Waals surface area contributed by atoms with Gasteiger partial charge in [-0.3, -0.25) is 4.79 Å². The maximum absolute atomic E-state index is 10.4. The minimum Gasteiger partial charge on any atom is -0.481 e. The Hall–Kier alpha value is -0.790. The quantitative estimate of drug-likeness (QED) is 0.688. The first-order chi connectivity index (χ1) is 7.75. The number of hydrogen-bond acceptors (Lipinski definition) is 1. The van der Waals surface area contributed by atoms with E-state index >= 15 is 0 Å². The van der Waals surface area contributed by atoms with E-state index in [0.717, 1.165) is 37.5 Å². The van der Waals surface area contributed by atoms with Crippen molar-refractivity contribution in [2.75, 3.05) is 0 Å². The van der Waals surface area contributed by atoms with Crippen LogP contribution in [0.5, 0.6) is 0 Å². The molecule has 2 heteroatoms. The predicted octanol–water partition coefficient (Wildman–Crippen LogP) is 3.62. The van der Waals surface area contributed by atoms with Gasteiger partial charge in [-0.15, -0.1) is 0 Å². The van der Waals surface area contributed by atoms with Gasteiger partial charge < -0.3 is 5.11 Å². The highest BCUT2D eigenvalue weighted by atomic mass is 16.4. The molecule has 0 heterocycles. The zero-order valence-corrected chi connectivity index (χ0v) is 9.90. The SMILES string of the molecule is C1=CC2CCC1C2.O=C(O)C1CCCCC1. The lowest BCUT2D eigenvalue weighted by Crippen LogP contribution is -2.16. The zero-order chi connectivity index (χ0) is 11.4. The van der Waals surface area contributed by atoms with Crippen molar-refractivity contribution in [3.05, 3.63) is 12.2 Å². The molecule has 1 N–H and O–H groups in total. The lowest BCUT2D eigenvalue weighted by atomic mass is 9.90. The van der Waals surface area contributed by atoms with Crippen LogP contribution >= 0.6 is 0 Å². The van der Waals surface area contributed by atoms with Crippen LogP contribution in [0.3, 0.4) is 0 Å². The van der Waals surface area contributed by atoms with Crippen LogP contribution in [0.4, 0.5) is 0 Å². The van der Waals surface area contributed by atoms with Crippen LogP contribution in [0.25, 0.3) is 0 Å². The van der Waals surface area contributed by atoms with Crippen molar-refractivity contribution in [3.63, 3.8) is 0 Å². The maximum Gasteiger partial charge on any atom is 0.306 e. The smallest absolute Gasteiger partial charge is 0.306 e. The summed E-state index contributed by atoms with van der Waals surface area (Å²) in [5, 5.41) is 8.54. The van der Waals surface area contributed by atoms with Gasteiger partial charge in [0.15, 0.2) is 0 Å². The van der Waals surface area contributed by atoms with E-state index in [2.05, 4.69) is 12.2 Å². The number of carbonyl (C=O) groups is 1. The van der Waals surface area contributed by atoms with Gasteiger partial charge in [-0.05, 0) is 43.9 Å². The van der Waals surface area contributed by atoms with Crippen molar-refractivity contribution in [1.29, 1.82) is 0 Å². The molecule has 2 bridgehead atoms. The summed E-state index contributed by atoms with van der Waals surface area (Å²) in [6, 6.07) is 0. The van der Waals surface area contributed by atoms with Crippen LogP contribution in [0.1, 0.15) is 51.4 Å². The standard InChI is InChI=1S/C7H12O2.C7H10/c8-7(9)6-4-2-1-3-5-6;1-2-7-4-3-6(1)5-7/h6H,1-5H2,(H,8,9);1-2,6-7H,3-5H2. The van der Waals surface area contributed by atoms with E-state index < -0.39 is 5.97 Å². The third-order valence-corrected chi connectivity index (χ3v) is 4.12. The van der Waals surface area contributed by atoms with Crippen LogP contribution in [0, 0.1) is 17.8 Å². The lowest BCUT2D eigenvalue weighted by Gasteiger charge is -2.16. The van der Waals surface area contributed by atoms with Gasteiger partial charge in [-0.25, -0.2) is 0 Å². The van der Waals surface area contributed by atoms with Gasteiger partial charge in [0.25, 0.3) is 0 Å². The Morgan fingerprint density at radius 3 is 1.75 bits per heavy atom. The first-order valence-corrected chi connectivity index (χ1v) is 6.67. The van der Waals surface area contributed by atoms with Gasteiger partial charge >= 0.3 is 5.97 Å². The number of fused-ring (bicyclic) bond motifs is 2. The van der Waals surface area contributed by atoms with Crippen molar-refractivity contribution in [2.45, 2.75) is 51.4 Å². The van der Waals surface area contributed by atoms with Gasteiger partial charge in [-0.1, -0.05) is 31.4 Å². The van der Waals surface area contributed by atoms with E-state index in [1.54, 1.807) is 0 Å². The Balaban J connectivity index is 0.000000123. The molecule has 2 atom stereocenters. The number of rotatable bonds is 1. The van der Waals surface area contributed by atoms with Gasteiger partial charge in [0.05, 0.1) is 5.92 Å². The summed E-state index contributed by atoms with van der Waals surface area (Å²) >= 11 is 0. The summed E-state index contributed by atoms with van der Waals surface area (Å²) in [4.78, 5) is 10.4. The molecule has 0 aliphatic heterocycles. The van der Waals surface area contributed by atoms with Crippen molar-refractivity contribution in [1.82, 2.24) is 0 Å². The highest BCUT2D eigenvalue weighted by Gasteiger charge is 2.25. The summed E-state index contributed by atoms with van der Waals surface area (Å²) in [7, 11) is 0. The first kappa shape index (κ1) is 11.7. The molecule has 3 aliphatic rings. The summed E-state index contributed by atoms with van der Waals surface area (Å²) in [5.74, 6) is 1.35. The first-order valence-electron chi connectivity index (χ1n) is 6.67. The van der Waals surface area contributed by atoms with Crippen LogP contribution in [0.15, 0.2) is 12.2 Å². The van der Waals surface area contributed by atoms with Crippen molar-refractivity contribution in [2.24, 2.45) is 17.8 Å². The minimum atomic E-state index is -0.602. The molecule has 0 aromatic heterocycles. The molecule has 2 unspecified atom stereocenters. The molecule has 16 heavy (non-hydrogen) atoms. The molecule has 2 nitrogen and oxygen atoms in total. The lowest BCUT2D eigenvalue weighted by molar-refractivity contribution is -0.142. The third-order valence-electron chi connectivity index (χ3n) is 4.12. The number of allylic oxidation sites excluding steroid dienone is 2. The predicted molar refractivity (Wildman–Crippen MR) is 64.2 cm³/mol. The summed E-state index contributed by atoms with van der Waals surface area (Å²) in [6.45, 7) is 0. The van der Waals surface area contributed by atoms with Crippen molar-refractivity contribution < 1.29 is 9.90 Å². The van der Waals surface area contributed by atoms with E-state index in [4.69, 9.17) is 5.11 Å². The van der Waals surface area contributed by atoms with E-state index in [9.17, 15) is 4.79 Å². The zero-order valence-electron chi connectivity index (χ0n) is 9.90. The number of carboxylic acid groups (broad SMARTS) is 1. The Kier molecular flexibility index (Phi) is 4.03. The normalized spacial score (nSPS) is 32.2.